The first kappa shape index (κ1) is 15.5. The van der Waals surface area contributed by atoms with Crippen LogP contribution in [0.1, 0.15) is 43.3 Å². The lowest BCUT2D eigenvalue weighted by atomic mass is 10.2. The lowest BCUT2D eigenvalue weighted by Crippen LogP contribution is -2.40. The zero-order valence-electron chi connectivity index (χ0n) is 13.6. The maximum absolute atomic E-state index is 10.2. The van der Waals surface area contributed by atoms with Gasteiger partial charge in [0.1, 0.15) is 11.6 Å². The van der Waals surface area contributed by atoms with Crippen molar-refractivity contribution in [1.82, 2.24) is 19.7 Å². The molecular formula is C16H26N4O3. The number of β-amino-alcohol motifs (C(OH)–C–C–N with tert-alkyl or cyclic N) is 1. The average molecular weight is 322 g/mol. The highest BCUT2D eigenvalue weighted by Crippen LogP contribution is 2.39. The van der Waals surface area contributed by atoms with Gasteiger partial charge < -0.3 is 19.1 Å². The maximum Gasteiger partial charge on any atom is 0.147 e. The van der Waals surface area contributed by atoms with Gasteiger partial charge in [-0.05, 0) is 25.7 Å². The van der Waals surface area contributed by atoms with Crippen LogP contribution in [-0.2, 0) is 22.6 Å². The largest absolute Gasteiger partial charge is 0.389 e. The number of rotatable bonds is 7. The number of hydrogen-bond acceptors (Lipinski definition) is 6. The average Bonchev–Trinajstić information content (AvgIpc) is 3.09. The first-order valence-electron chi connectivity index (χ1n) is 8.81. The lowest BCUT2D eigenvalue weighted by molar-refractivity contribution is -0.0271. The fourth-order valence-corrected chi connectivity index (χ4v) is 3.49. The normalized spacial score (nSPS) is 26.4. The summed E-state index contributed by atoms with van der Waals surface area (Å²) in [5.41, 5.74) is 0. The minimum Gasteiger partial charge on any atom is -0.389 e. The predicted octanol–water partition coefficient (Wildman–Crippen LogP) is 0.528. The number of hydrogen-bond donors (Lipinski definition) is 1. The van der Waals surface area contributed by atoms with Gasteiger partial charge in [0, 0.05) is 32.2 Å². The van der Waals surface area contributed by atoms with E-state index in [-0.39, 0.29) is 6.10 Å². The van der Waals surface area contributed by atoms with Crippen LogP contribution in [0.5, 0.6) is 0 Å². The van der Waals surface area contributed by atoms with Crippen LogP contribution in [0.2, 0.25) is 0 Å². The fourth-order valence-electron chi connectivity index (χ4n) is 3.49. The van der Waals surface area contributed by atoms with Crippen LogP contribution < -0.4 is 0 Å². The van der Waals surface area contributed by atoms with E-state index in [9.17, 15) is 5.11 Å². The molecule has 3 heterocycles. The van der Waals surface area contributed by atoms with E-state index in [2.05, 4.69) is 19.7 Å². The Kier molecular flexibility index (Phi) is 4.61. The predicted molar refractivity (Wildman–Crippen MR) is 83.1 cm³/mol. The molecule has 0 radical (unpaired) electrons. The van der Waals surface area contributed by atoms with Crippen molar-refractivity contribution < 1.29 is 14.6 Å². The van der Waals surface area contributed by atoms with Gasteiger partial charge in [0.2, 0.25) is 0 Å². The monoisotopic (exact) mass is 322 g/mol. The summed E-state index contributed by atoms with van der Waals surface area (Å²) in [6.07, 6.45) is 4.45. The number of aliphatic hydroxyl groups excluding tert-OH is 1. The molecule has 23 heavy (non-hydrogen) atoms. The van der Waals surface area contributed by atoms with Crippen LogP contribution in [0.25, 0.3) is 0 Å². The third-order valence-corrected chi connectivity index (χ3v) is 4.91. The molecule has 1 aromatic rings. The van der Waals surface area contributed by atoms with Crippen LogP contribution in [0, 0.1) is 0 Å². The summed E-state index contributed by atoms with van der Waals surface area (Å²) in [6, 6.07) is 0. The molecule has 2 aliphatic heterocycles. The quantitative estimate of drug-likeness (QED) is 0.789. The first-order valence-corrected chi connectivity index (χ1v) is 8.81. The van der Waals surface area contributed by atoms with Crippen molar-refractivity contribution in [3.63, 3.8) is 0 Å². The molecule has 0 bridgehead atoms. The van der Waals surface area contributed by atoms with Crippen LogP contribution in [0.3, 0.4) is 0 Å². The van der Waals surface area contributed by atoms with Crippen LogP contribution in [-0.4, -0.2) is 69.9 Å². The zero-order chi connectivity index (χ0) is 15.6. The Hall–Kier alpha value is -1.02. The van der Waals surface area contributed by atoms with Gasteiger partial charge in [-0.3, -0.25) is 4.90 Å². The number of ether oxygens (including phenoxy) is 2. The number of fused-ring (bicyclic) bond motifs is 1. The van der Waals surface area contributed by atoms with E-state index in [4.69, 9.17) is 9.47 Å². The summed E-state index contributed by atoms with van der Waals surface area (Å²) in [4.78, 5) is 2.24. The van der Waals surface area contributed by atoms with E-state index in [1.807, 2.05) is 0 Å². The lowest BCUT2D eigenvalue weighted by Gasteiger charge is -2.29. The molecule has 1 aliphatic carbocycles. The molecule has 0 aromatic carbocycles. The minimum absolute atomic E-state index is 0.219. The van der Waals surface area contributed by atoms with Gasteiger partial charge in [-0.25, -0.2) is 0 Å². The molecule has 2 fully saturated rings. The van der Waals surface area contributed by atoms with Crippen LogP contribution in [0.15, 0.2) is 0 Å². The Morgan fingerprint density at radius 3 is 2.96 bits per heavy atom. The van der Waals surface area contributed by atoms with Gasteiger partial charge in [0.05, 0.1) is 32.0 Å². The van der Waals surface area contributed by atoms with Gasteiger partial charge in [-0.2, -0.15) is 0 Å². The molecule has 3 aliphatic rings. The third-order valence-electron chi connectivity index (χ3n) is 4.91. The minimum atomic E-state index is -0.464. The van der Waals surface area contributed by atoms with Crippen molar-refractivity contribution in [1.29, 1.82) is 0 Å². The topological polar surface area (TPSA) is 72.6 Å². The van der Waals surface area contributed by atoms with E-state index in [0.717, 1.165) is 44.9 Å². The van der Waals surface area contributed by atoms with Crippen molar-refractivity contribution in [3.8, 4) is 0 Å². The number of aliphatic hydroxyl groups is 1. The van der Waals surface area contributed by atoms with Gasteiger partial charge in [-0.15, -0.1) is 10.2 Å². The molecule has 0 amide bonds. The molecule has 1 saturated carbocycles. The van der Waals surface area contributed by atoms with Crippen molar-refractivity contribution in [2.24, 2.45) is 0 Å². The Labute approximate surface area is 136 Å². The van der Waals surface area contributed by atoms with Crippen molar-refractivity contribution in [2.75, 3.05) is 32.9 Å². The molecule has 0 unspecified atom stereocenters. The van der Waals surface area contributed by atoms with Crippen LogP contribution >= 0.6 is 0 Å². The third kappa shape index (κ3) is 3.74. The van der Waals surface area contributed by atoms with E-state index >= 15 is 0 Å². The summed E-state index contributed by atoms with van der Waals surface area (Å²) >= 11 is 0. The highest BCUT2D eigenvalue weighted by atomic mass is 16.5. The standard InChI is InChI=1S/C16H26N4O3/c21-13(10-22-11-14-2-1-7-23-14)8-19-5-6-20-15(9-19)17-18-16(20)12-3-4-12/h12-14,21H,1-11H2/t13-,14-/m0/s1. The molecule has 2 atom stereocenters. The molecule has 1 aromatic heterocycles. The van der Waals surface area contributed by atoms with Crippen molar-refractivity contribution >= 4 is 0 Å². The molecular weight excluding hydrogens is 296 g/mol. The Balaban J connectivity index is 1.21. The molecule has 128 valence electrons. The second-order valence-electron chi connectivity index (χ2n) is 6.96. The highest BCUT2D eigenvalue weighted by molar-refractivity contribution is 5.09. The summed E-state index contributed by atoms with van der Waals surface area (Å²) in [5.74, 6) is 2.84. The molecule has 7 nitrogen and oxygen atoms in total. The summed E-state index contributed by atoms with van der Waals surface area (Å²) in [7, 11) is 0. The number of nitrogens with zero attached hydrogens (tertiary/aromatic N) is 4. The second-order valence-corrected chi connectivity index (χ2v) is 6.96. The van der Waals surface area contributed by atoms with Crippen molar-refractivity contribution in [3.05, 3.63) is 11.6 Å². The first-order chi connectivity index (χ1) is 11.3. The van der Waals surface area contributed by atoms with E-state index in [0.29, 0.717) is 25.7 Å². The van der Waals surface area contributed by atoms with Crippen LogP contribution in [0.4, 0.5) is 0 Å². The highest BCUT2D eigenvalue weighted by Gasteiger charge is 2.32. The van der Waals surface area contributed by atoms with Crippen molar-refractivity contribution in [2.45, 2.75) is 56.9 Å². The summed E-state index contributed by atoms with van der Waals surface area (Å²) < 4.78 is 13.4. The SMILES string of the molecule is O[C@H](COC[C@@H]1CCCO1)CN1CCn2c(nnc2C2CC2)C1. The van der Waals surface area contributed by atoms with Gasteiger partial charge in [0.15, 0.2) is 0 Å². The zero-order valence-corrected chi connectivity index (χ0v) is 13.6. The Morgan fingerprint density at radius 2 is 2.17 bits per heavy atom. The smallest absolute Gasteiger partial charge is 0.147 e. The maximum atomic E-state index is 10.2. The summed E-state index contributed by atoms with van der Waals surface area (Å²) in [6.45, 7) is 5.06. The van der Waals surface area contributed by atoms with Gasteiger partial charge in [0.25, 0.3) is 0 Å². The van der Waals surface area contributed by atoms with E-state index in [1.54, 1.807) is 0 Å². The molecule has 0 spiro atoms. The van der Waals surface area contributed by atoms with E-state index < -0.39 is 6.10 Å². The Morgan fingerprint density at radius 1 is 1.26 bits per heavy atom. The molecule has 7 heteroatoms. The summed E-state index contributed by atoms with van der Waals surface area (Å²) in [5, 5.41) is 18.9. The molecule has 4 rings (SSSR count). The fraction of sp³-hybridized carbons (Fsp3) is 0.875. The molecule has 1 saturated heterocycles. The van der Waals surface area contributed by atoms with Gasteiger partial charge in [-0.1, -0.05) is 0 Å². The Bertz CT molecular complexity index is 525. The van der Waals surface area contributed by atoms with E-state index in [1.165, 1.54) is 18.7 Å². The second kappa shape index (κ2) is 6.84. The number of aromatic nitrogens is 3. The van der Waals surface area contributed by atoms with Gasteiger partial charge >= 0.3 is 0 Å². The molecule has 1 N–H and O–H groups in total.